The zero-order chi connectivity index (χ0) is 15.5. The molecule has 0 saturated heterocycles. The molecule has 110 valence electrons. The summed E-state index contributed by atoms with van der Waals surface area (Å²) in [5.74, 6) is -0.767. The molecular weight excluding hydrogens is 324 g/mol. The summed E-state index contributed by atoms with van der Waals surface area (Å²) < 4.78 is 5.43. The largest absolute Gasteiger partial charge is 0.468 e. The highest BCUT2D eigenvalue weighted by molar-refractivity contribution is 9.10. The van der Waals surface area contributed by atoms with Crippen LogP contribution in [-0.4, -0.2) is 36.0 Å². The summed E-state index contributed by atoms with van der Waals surface area (Å²) >= 11 is 3.29. The summed E-state index contributed by atoms with van der Waals surface area (Å²) in [6.07, 6.45) is 0. The first-order valence-electron chi connectivity index (χ1n) is 6.10. The van der Waals surface area contributed by atoms with Gasteiger partial charge in [0.25, 0.3) is 5.91 Å². The predicted octanol–water partition coefficient (Wildman–Crippen LogP) is 2.45. The number of halogens is 1. The average Bonchev–Trinajstić information content (AvgIpc) is 2.33. The molecule has 0 unspecified atom stereocenters. The Balaban J connectivity index is 3.13. The van der Waals surface area contributed by atoms with Crippen LogP contribution in [0.2, 0.25) is 0 Å². The van der Waals surface area contributed by atoms with E-state index >= 15 is 0 Å². The monoisotopic (exact) mass is 342 g/mol. The highest BCUT2D eigenvalue weighted by Crippen LogP contribution is 2.23. The molecule has 0 aliphatic rings. The van der Waals surface area contributed by atoms with Gasteiger partial charge in [-0.05, 0) is 39.0 Å². The number of nitrogen functional groups attached to an aromatic ring is 1. The van der Waals surface area contributed by atoms with Gasteiger partial charge in [0.15, 0.2) is 0 Å². The molecule has 2 N–H and O–H groups in total. The minimum absolute atomic E-state index is 0.117. The van der Waals surface area contributed by atoms with Gasteiger partial charge >= 0.3 is 5.97 Å². The molecule has 1 aromatic carbocycles. The topological polar surface area (TPSA) is 72.6 Å². The Morgan fingerprint density at radius 1 is 1.35 bits per heavy atom. The third kappa shape index (κ3) is 3.96. The molecule has 6 heteroatoms. The van der Waals surface area contributed by atoms with Crippen LogP contribution in [0.1, 0.15) is 31.1 Å². The van der Waals surface area contributed by atoms with Crippen molar-refractivity contribution in [1.82, 2.24) is 4.90 Å². The lowest BCUT2D eigenvalue weighted by atomic mass is 10.0. The van der Waals surface area contributed by atoms with Crippen LogP contribution in [0.4, 0.5) is 5.69 Å². The standard InChI is InChI=1S/C14H19BrN2O3/c1-14(2,3)17(8-12(18)20-4)13(19)10-6-5-9(15)7-11(10)16/h5-7H,8,16H2,1-4H3. The van der Waals surface area contributed by atoms with Crippen LogP contribution in [0.3, 0.4) is 0 Å². The first kappa shape index (κ1) is 16.5. The number of methoxy groups -OCH3 is 1. The van der Waals surface area contributed by atoms with Crippen LogP contribution in [0.25, 0.3) is 0 Å². The van der Waals surface area contributed by atoms with Gasteiger partial charge in [0, 0.05) is 15.7 Å². The molecule has 0 spiro atoms. The smallest absolute Gasteiger partial charge is 0.325 e. The van der Waals surface area contributed by atoms with Crippen molar-refractivity contribution in [2.45, 2.75) is 26.3 Å². The number of amides is 1. The van der Waals surface area contributed by atoms with Gasteiger partial charge in [0.2, 0.25) is 0 Å². The first-order valence-corrected chi connectivity index (χ1v) is 6.90. The molecule has 0 aromatic heterocycles. The van der Waals surface area contributed by atoms with E-state index in [1.807, 2.05) is 20.8 Å². The second-order valence-electron chi connectivity index (χ2n) is 5.37. The lowest BCUT2D eigenvalue weighted by molar-refractivity contribution is -0.142. The number of carbonyl (C=O) groups excluding carboxylic acids is 2. The van der Waals surface area contributed by atoms with Crippen LogP contribution < -0.4 is 5.73 Å². The Morgan fingerprint density at radius 2 is 1.95 bits per heavy atom. The first-order chi connectivity index (χ1) is 9.16. The number of anilines is 1. The van der Waals surface area contributed by atoms with E-state index in [2.05, 4.69) is 20.7 Å². The number of nitrogens with two attached hydrogens (primary N) is 1. The molecule has 0 aliphatic heterocycles. The van der Waals surface area contributed by atoms with Gasteiger partial charge in [-0.3, -0.25) is 9.59 Å². The quantitative estimate of drug-likeness (QED) is 0.676. The van der Waals surface area contributed by atoms with E-state index in [4.69, 9.17) is 5.73 Å². The minimum Gasteiger partial charge on any atom is -0.468 e. The van der Waals surface area contributed by atoms with Gasteiger partial charge in [-0.2, -0.15) is 0 Å². The van der Waals surface area contributed by atoms with E-state index in [1.165, 1.54) is 12.0 Å². The van der Waals surface area contributed by atoms with Crippen molar-refractivity contribution in [3.63, 3.8) is 0 Å². The summed E-state index contributed by atoms with van der Waals surface area (Å²) in [7, 11) is 1.29. The van der Waals surface area contributed by atoms with Gasteiger partial charge in [0.1, 0.15) is 6.54 Å². The molecule has 1 amide bonds. The molecule has 0 aliphatic carbocycles. The third-order valence-corrected chi connectivity index (χ3v) is 3.31. The molecule has 1 rings (SSSR count). The summed E-state index contributed by atoms with van der Waals surface area (Å²) in [5, 5.41) is 0. The second kappa shape index (κ2) is 6.26. The van der Waals surface area contributed by atoms with Crippen LogP contribution >= 0.6 is 15.9 Å². The Morgan fingerprint density at radius 3 is 2.40 bits per heavy atom. The normalized spacial score (nSPS) is 11.1. The maximum absolute atomic E-state index is 12.6. The van der Waals surface area contributed by atoms with Gasteiger partial charge in [-0.1, -0.05) is 15.9 Å². The Kier molecular flexibility index (Phi) is 5.16. The van der Waals surface area contributed by atoms with Crippen molar-refractivity contribution >= 4 is 33.5 Å². The molecule has 0 saturated carbocycles. The molecule has 0 atom stereocenters. The van der Waals surface area contributed by atoms with E-state index in [-0.39, 0.29) is 12.5 Å². The maximum atomic E-state index is 12.6. The van der Waals surface area contributed by atoms with Crippen LogP contribution in [0.5, 0.6) is 0 Å². The van der Waals surface area contributed by atoms with Crippen molar-refractivity contribution in [2.24, 2.45) is 0 Å². The molecule has 5 nitrogen and oxygen atoms in total. The van der Waals surface area contributed by atoms with Crippen molar-refractivity contribution in [1.29, 1.82) is 0 Å². The fraction of sp³-hybridized carbons (Fsp3) is 0.429. The SMILES string of the molecule is COC(=O)CN(C(=O)c1ccc(Br)cc1N)C(C)(C)C. The third-order valence-electron chi connectivity index (χ3n) is 2.81. The van der Waals surface area contributed by atoms with Crippen LogP contribution in [0.15, 0.2) is 22.7 Å². The van der Waals surface area contributed by atoms with E-state index in [9.17, 15) is 9.59 Å². The number of benzene rings is 1. The average molecular weight is 343 g/mol. The van der Waals surface area contributed by atoms with Crippen molar-refractivity contribution < 1.29 is 14.3 Å². The van der Waals surface area contributed by atoms with E-state index in [1.54, 1.807) is 18.2 Å². The fourth-order valence-electron chi connectivity index (χ4n) is 1.68. The summed E-state index contributed by atoms with van der Waals surface area (Å²) in [6.45, 7) is 5.43. The zero-order valence-electron chi connectivity index (χ0n) is 12.1. The Bertz CT molecular complexity index is 524. The predicted molar refractivity (Wildman–Crippen MR) is 81.4 cm³/mol. The summed E-state index contributed by atoms with van der Waals surface area (Å²) in [5.41, 5.74) is 6.08. The van der Waals surface area contributed by atoms with Crippen molar-refractivity contribution in [3.05, 3.63) is 28.2 Å². The number of nitrogens with zero attached hydrogens (tertiary/aromatic N) is 1. The molecule has 1 aromatic rings. The summed E-state index contributed by atoms with van der Waals surface area (Å²) in [4.78, 5) is 25.5. The van der Waals surface area contributed by atoms with E-state index < -0.39 is 11.5 Å². The van der Waals surface area contributed by atoms with Gasteiger partial charge in [-0.25, -0.2) is 0 Å². The fourth-order valence-corrected chi connectivity index (χ4v) is 2.06. The number of rotatable bonds is 3. The summed E-state index contributed by atoms with van der Waals surface area (Å²) in [6, 6.07) is 5.03. The van der Waals surface area contributed by atoms with Gasteiger partial charge in [0.05, 0.1) is 12.7 Å². The highest BCUT2D eigenvalue weighted by Gasteiger charge is 2.30. The lowest BCUT2D eigenvalue weighted by Gasteiger charge is -2.35. The Hall–Kier alpha value is -1.56. The number of hydrogen-bond donors (Lipinski definition) is 1. The maximum Gasteiger partial charge on any atom is 0.325 e. The van der Waals surface area contributed by atoms with Crippen LogP contribution in [0, 0.1) is 0 Å². The van der Waals surface area contributed by atoms with Gasteiger partial charge < -0.3 is 15.4 Å². The highest BCUT2D eigenvalue weighted by atomic mass is 79.9. The molecule has 0 fully saturated rings. The molecule has 0 bridgehead atoms. The number of ether oxygens (including phenoxy) is 1. The van der Waals surface area contributed by atoms with Crippen molar-refractivity contribution in [3.8, 4) is 0 Å². The molecule has 0 heterocycles. The minimum atomic E-state index is -0.523. The van der Waals surface area contributed by atoms with E-state index in [0.29, 0.717) is 11.3 Å². The number of esters is 1. The van der Waals surface area contributed by atoms with Gasteiger partial charge in [-0.15, -0.1) is 0 Å². The lowest BCUT2D eigenvalue weighted by Crippen LogP contribution is -2.48. The number of hydrogen-bond acceptors (Lipinski definition) is 4. The number of carbonyl (C=O) groups is 2. The van der Waals surface area contributed by atoms with E-state index in [0.717, 1.165) is 4.47 Å². The Labute approximate surface area is 127 Å². The molecular formula is C14H19BrN2O3. The van der Waals surface area contributed by atoms with Crippen LogP contribution in [-0.2, 0) is 9.53 Å². The molecule has 20 heavy (non-hydrogen) atoms. The zero-order valence-corrected chi connectivity index (χ0v) is 13.7. The van der Waals surface area contributed by atoms with Crippen molar-refractivity contribution in [2.75, 3.05) is 19.4 Å². The second-order valence-corrected chi connectivity index (χ2v) is 6.29. The molecule has 0 radical (unpaired) electrons.